The summed E-state index contributed by atoms with van der Waals surface area (Å²) in [6.07, 6.45) is 1.82. The van der Waals surface area contributed by atoms with Crippen molar-refractivity contribution < 1.29 is 27.1 Å². The lowest BCUT2D eigenvalue weighted by molar-refractivity contribution is -0.119. The Balaban J connectivity index is 1.43. The molecule has 1 unspecified atom stereocenters. The van der Waals surface area contributed by atoms with Crippen molar-refractivity contribution in [3.05, 3.63) is 78.4 Å². The standard InChI is InChI=1S/C24H23FN4O5S/c1-16(30)27-13-21-14-29(24(31)34-21)20-8-9-22(23(25)11-20)18-6-4-17(5-7-18)15-35(32,33)28-19-3-2-10-26-12-19/h2-12,21,28H,13-15H2,1H3,(H,27,30). The van der Waals surface area contributed by atoms with Crippen molar-refractivity contribution in [1.82, 2.24) is 10.3 Å². The van der Waals surface area contributed by atoms with Gasteiger partial charge in [-0.3, -0.25) is 19.4 Å². The van der Waals surface area contributed by atoms with Gasteiger partial charge in [0.1, 0.15) is 11.9 Å². The zero-order valence-electron chi connectivity index (χ0n) is 18.8. The Morgan fingerprint density at radius 1 is 1.20 bits per heavy atom. The Hall–Kier alpha value is -3.99. The summed E-state index contributed by atoms with van der Waals surface area (Å²) in [6.45, 7) is 1.74. The fraction of sp³-hybridized carbons (Fsp3) is 0.208. The summed E-state index contributed by atoms with van der Waals surface area (Å²) in [4.78, 5) is 28.4. The van der Waals surface area contributed by atoms with Gasteiger partial charge in [-0.05, 0) is 41.5 Å². The van der Waals surface area contributed by atoms with Crippen molar-refractivity contribution in [3.8, 4) is 11.1 Å². The van der Waals surface area contributed by atoms with Crippen LogP contribution in [0.1, 0.15) is 12.5 Å². The molecule has 1 fully saturated rings. The topological polar surface area (TPSA) is 118 Å². The second kappa shape index (κ2) is 10.1. The van der Waals surface area contributed by atoms with Crippen LogP contribution in [0.3, 0.4) is 0 Å². The molecular formula is C24H23FN4O5S. The van der Waals surface area contributed by atoms with Crippen molar-refractivity contribution in [2.24, 2.45) is 0 Å². The van der Waals surface area contributed by atoms with Crippen molar-refractivity contribution in [2.75, 3.05) is 22.7 Å². The van der Waals surface area contributed by atoms with Crippen molar-refractivity contribution in [2.45, 2.75) is 18.8 Å². The van der Waals surface area contributed by atoms with E-state index in [9.17, 15) is 22.4 Å². The van der Waals surface area contributed by atoms with Gasteiger partial charge in [0.2, 0.25) is 15.9 Å². The number of carbonyl (C=O) groups excluding carboxylic acids is 2. The van der Waals surface area contributed by atoms with Crippen LogP contribution in [0.5, 0.6) is 0 Å². The number of rotatable bonds is 8. The van der Waals surface area contributed by atoms with Gasteiger partial charge in [0.05, 0.1) is 36.4 Å². The van der Waals surface area contributed by atoms with Crippen LogP contribution in [0.15, 0.2) is 67.0 Å². The van der Waals surface area contributed by atoms with E-state index < -0.39 is 28.0 Å². The number of nitrogens with zero attached hydrogens (tertiary/aromatic N) is 2. The summed E-state index contributed by atoms with van der Waals surface area (Å²) in [5, 5.41) is 2.59. The van der Waals surface area contributed by atoms with Crippen molar-refractivity contribution in [1.29, 1.82) is 0 Å². The number of ether oxygens (including phenoxy) is 1. The highest BCUT2D eigenvalue weighted by atomic mass is 32.2. The van der Waals surface area contributed by atoms with Crippen molar-refractivity contribution >= 4 is 33.4 Å². The first-order valence-electron chi connectivity index (χ1n) is 10.7. The van der Waals surface area contributed by atoms with Gasteiger partial charge in [-0.15, -0.1) is 0 Å². The van der Waals surface area contributed by atoms with Gasteiger partial charge in [-0.1, -0.05) is 24.3 Å². The predicted molar refractivity (Wildman–Crippen MR) is 129 cm³/mol. The van der Waals surface area contributed by atoms with Crippen LogP contribution >= 0.6 is 0 Å². The maximum Gasteiger partial charge on any atom is 0.414 e. The summed E-state index contributed by atoms with van der Waals surface area (Å²) < 4.78 is 47.4. The molecule has 4 rings (SSSR count). The van der Waals surface area contributed by atoms with Gasteiger partial charge in [-0.2, -0.15) is 0 Å². The first kappa shape index (κ1) is 24.1. The SMILES string of the molecule is CC(=O)NCC1CN(c2ccc(-c3ccc(CS(=O)(=O)Nc4cccnc4)cc3)c(F)c2)C(=O)O1. The molecule has 1 aliphatic rings. The number of hydrogen-bond acceptors (Lipinski definition) is 6. The van der Waals surface area contributed by atoms with E-state index in [4.69, 9.17) is 4.74 Å². The molecule has 2 heterocycles. The number of carbonyl (C=O) groups is 2. The second-order valence-corrected chi connectivity index (χ2v) is 9.74. The number of amides is 2. The summed E-state index contributed by atoms with van der Waals surface area (Å²) >= 11 is 0. The van der Waals surface area contributed by atoms with Crippen LogP contribution in [0.2, 0.25) is 0 Å². The lowest BCUT2D eigenvalue weighted by Gasteiger charge is -2.15. The molecule has 0 radical (unpaired) electrons. The lowest BCUT2D eigenvalue weighted by atomic mass is 10.0. The minimum atomic E-state index is -3.64. The average molecular weight is 499 g/mol. The van der Waals surface area contributed by atoms with E-state index in [0.717, 1.165) is 0 Å². The number of pyridine rings is 1. The van der Waals surface area contributed by atoms with Gasteiger partial charge >= 0.3 is 6.09 Å². The van der Waals surface area contributed by atoms with Crippen LogP contribution in [-0.2, 0) is 25.3 Å². The first-order valence-corrected chi connectivity index (χ1v) is 12.4. The highest BCUT2D eigenvalue weighted by molar-refractivity contribution is 7.91. The zero-order valence-corrected chi connectivity index (χ0v) is 19.6. The molecule has 2 aromatic carbocycles. The Morgan fingerprint density at radius 2 is 1.97 bits per heavy atom. The minimum Gasteiger partial charge on any atom is -0.442 e. The summed E-state index contributed by atoms with van der Waals surface area (Å²) in [6, 6.07) is 14.2. The van der Waals surface area contributed by atoms with E-state index in [1.807, 2.05) is 0 Å². The molecule has 3 aromatic rings. The number of benzene rings is 2. The van der Waals surface area contributed by atoms with E-state index in [-0.39, 0.29) is 24.7 Å². The number of anilines is 2. The van der Waals surface area contributed by atoms with E-state index in [0.29, 0.717) is 28.1 Å². The molecule has 11 heteroatoms. The van der Waals surface area contributed by atoms with Crippen LogP contribution in [0, 0.1) is 5.82 Å². The second-order valence-electron chi connectivity index (χ2n) is 8.02. The smallest absolute Gasteiger partial charge is 0.414 e. The third-order valence-corrected chi connectivity index (χ3v) is 6.53. The van der Waals surface area contributed by atoms with Gasteiger partial charge in [0.25, 0.3) is 0 Å². The maximum absolute atomic E-state index is 14.9. The number of aromatic nitrogens is 1. The predicted octanol–water partition coefficient (Wildman–Crippen LogP) is 3.29. The normalized spacial score (nSPS) is 15.5. The Labute approximate surface area is 202 Å². The quantitative estimate of drug-likeness (QED) is 0.492. The van der Waals surface area contributed by atoms with E-state index in [1.165, 1.54) is 24.1 Å². The van der Waals surface area contributed by atoms with Crippen molar-refractivity contribution in [3.63, 3.8) is 0 Å². The maximum atomic E-state index is 14.9. The molecule has 0 aliphatic carbocycles. The molecule has 1 atom stereocenters. The minimum absolute atomic E-state index is 0.179. The van der Waals surface area contributed by atoms with Gasteiger partial charge in [0, 0.05) is 18.7 Å². The Bertz CT molecular complexity index is 1330. The average Bonchev–Trinajstić information content (AvgIpc) is 3.19. The third-order valence-electron chi connectivity index (χ3n) is 5.27. The first-order chi connectivity index (χ1) is 16.7. The monoisotopic (exact) mass is 498 g/mol. The van der Waals surface area contributed by atoms with Crippen LogP contribution < -0.4 is 14.9 Å². The molecule has 0 spiro atoms. The molecule has 1 aromatic heterocycles. The fourth-order valence-electron chi connectivity index (χ4n) is 3.64. The number of nitrogens with one attached hydrogen (secondary N) is 2. The summed E-state index contributed by atoms with van der Waals surface area (Å²) in [5.74, 6) is -1.03. The summed E-state index contributed by atoms with van der Waals surface area (Å²) in [5.41, 5.74) is 2.11. The molecule has 2 amide bonds. The molecule has 0 bridgehead atoms. The van der Waals surface area contributed by atoms with Crippen LogP contribution in [-0.4, -0.2) is 44.6 Å². The number of hydrogen-bond donors (Lipinski definition) is 2. The lowest BCUT2D eigenvalue weighted by Crippen LogP contribution is -2.33. The van der Waals surface area contributed by atoms with Crippen LogP contribution in [0.4, 0.5) is 20.6 Å². The molecule has 0 saturated carbocycles. The number of halogens is 1. The molecule has 1 saturated heterocycles. The van der Waals surface area contributed by atoms with Gasteiger partial charge in [0.15, 0.2) is 0 Å². The molecule has 9 nitrogen and oxygen atoms in total. The van der Waals surface area contributed by atoms with E-state index >= 15 is 0 Å². The molecule has 1 aliphatic heterocycles. The highest BCUT2D eigenvalue weighted by Gasteiger charge is 2.32. The molecule has 182 valence electrons. The van der Waals surface area contributed by atoms with Gasteiger partial charge in [-0.25, -0.2) is 17.6 Å². The highest BCUT2D eigenvalue weighted by Crippen LogP contribution is 2.29. The zero-order chi connectivity index (χ0) is 25.0. The third kappa shape index (κ3) is 6.12. The largest absolute Gasteiger partial charge is 0.442 e. The summed E-state index contributed by atoms with van der Waals surface area (Å²) in [7, 11) is -3.64. The fourth-order valence-corrected chi connectivity index (χ4v) is 4.82. The molecular weight excluding hydrogens is 475 g/mol. The Kier molecular flexibility index (Phi) is 6.97. The van der Waals surface area contributed by atoms with E-state index in [1.54, 1.807) is 54.7 Å². The number of cyclic esters (lactones) is 1. The molecule has 2 N–H and O–H groups in total. The van der Waals surface area contributed by atoms with Crippen LogP contribution in [0.25, 0.3) is 11.1 Å². The molecule has 35 heavy (non-hydrogen) atoms. The number of sulfonamides is 1. The van der Waals surface area contributed by atoms with E-state index in [2.05, 4.69) is 15.0 Å². The van der Waals surface area contributed by atoms with Gasteiger partial charge < -0.3 is 10.1 Å². The Morgan fingerprint density at radius 3 is 2.63 bits per heavy atom.